The number of anilines is 2. The number of pyridine rings is 1. The maximum atomic E-state index is 13.5. The number of nitrogens with two attached hydrogens (primary N) is 1. The largest absolute Gasteiger partial charge is 0.489 e. The molecular formula is C24H29N3O3S. The lowest BCUT2D eigenvalue weighted by atomic mass is 10.1. The maximum Gasteiger partial charge on any atom is 0.264 e. The van der Waals surface area contributed by atoms with Crippen molar-refractivity contribution in [2.24, 2.45) is 5.92 Å². The first kappa shape index (κ1) is 19.9. The molecule has 0 fully saturated rings. The van der Waals surface area contributed by atoms with Crippen LogP contribution in [0.25, 0.3) is 0 Å². The Balaban J connectivity index is 1.81. The molecule has 0 aliphatic rings. The van der Waals surface area contributed by atoms with Crippen LogP contribution >= 0.6 is 0 Å². The fourth-order valence-corrected chi connectivity index (χ4v) is 4.99. The molecule has 31 heavy (non-hydrogen) atoms. The third-order valence-corrected chi connectivity index (χ3v) is 6.57. The summed E-state index contributed by atoms with van der Waals surface area (Å²) in [6.07, 6.45) is 1.51. The summed E-state index contributed by atoms with van der Waals surface area (Å²) >= 11 is 0. The molecule has 2 N–H and O–H groups in total. The predicted molar refractivity (Wildman–Crippen MR) is 125 cm³/mol. The van der Waals surface area contributed by atoms with Gasteiger partial charge in [-0.05, 0) is 73.4 Å². The highest BCUT2D eigenvalue weighted by Crippen LogP contribution is 2.29. The molecule has 0 bridgehead atoms. The van der Waals surface area contributed by atoms with Crippen molar-refractivity contribution in [2.75, 3.05) is 16.6 Å². The van der Waals surface area contributed by atoms with Crippen molar-refractivity contribution in [3.8, 4) is 5.75 Å². The van der Waals surface area contributed by atoms with Crippen LogP contribution in [0.1, 0.15) is 30.5 Å². The van der Waals surface area contributed by atoms with Gasteiger partial charge in [0.25, 0.3) is 10.0 Å². The van der Waals surface area contributed by atoms with Crippen molar-refractivity contribution in [3.05, 3.63) is 77.5 Å². The molecule has 0 spiro atoms. The minimum Gasteiger partial charge on any atom is -0.489 e. The number of aromatic nitrogens is 1. The Morgan fingerprint density at radius 2 is 1.84 bits per heavy atom. The normalized spacial score (nSPS) is 12.3. The number of hydrogen-bond acceptors (Lipinski definition) is 5. The van der Waals surface area contributed by atoms with Gasteiger partial charge in [0.1, 0.15) is 18.2 Å². The van der Waals surface area contributed by atoms with E-state index >= 15 is 0 Å². The lowest BCUT2D eigenvalue weighted by molar-refractivity contribution is 0.306. The summed E-state index contributed by atoms with van der Waals surface area (Å²) in [5, 5.41) is 0. The topological polar surface area (TPSA) is 85.5 Å². The SMILES string of the molecule is [2H]N([2H])c1cc(COc2ccc(S(=O)(=O)N(CC(C)C)c3ccc(C)cc3C)cc2)ccn1. The number of sulfonamides is 1. The zero-order valence-electron chi connectivity index (χ0n) is 20.2. The Labute approximate surface area is 187 Å². The minimum absolute atomic E-state index is 0.150. The lowest BCUT2D eigenvalue weighted by Gasteiger charge is -2.28. The molecule has 3 rings (SSSR count). The second kappa shape index (κ2) is 9.39. The summed E-state index contributed by atoms with van der Waals surface area (Å²) in [4.78, 5) is 4.12. The van der Waals surface area contributed by atoms with Crippen molar-refractivity contribution in [2.45, 2.75) is 39.2 Å². The summed E-state index contributed by atoms with van der Waals surface area (Å²) in [6, 6.07) is 15.5. The zero-order chi connectivity index (χ0) is 24.2. The number of aryl methyl sites for hydroxylation is 2. The molecule has 164 valence electrons. The van der Waals surface area contributed by atoms with Crippen LogP contribution in [-0.4, -0.2) is 19.9 Å². The van der Waals surface area contributed by atoms with Crippen LogP contribution in [0, 0.1) is 19.8 Å². The van der Waals surface area contributed by atoms with E-state index in [0.717, 1.165) is 16.7 Å². The zero-order valence-corrected chi connectivity index (χ0v) is 19.1. The fourth-order valence-electron chi connectivity index (χ4n) is 3.29. The van der Waals surface area contributed by atoms with Gasteiger partial charge >= 0.3 is 0 Å². The van der Waals surface area contributed by atoms with Gasteiger partial charge in [0.2, 0.25) is 0 Å². The Bertz CT molecular complexity index is 1200. The number of nitrogen functional groups attached to an aromatic ring is 1. The molecule has 6 nitrogen and oxygen atoms in total. The molecule has 3 aromatic rings. The molecule has 0 saturated heterocycles. The van der Waals surface area contributed by atoms with Gasteiger partial charge in [-0.1, -0.05) is 31.5 Å². The third-order valence-electron chi connectivity index (χ3n) is 4.78. The van der Waals surface area contributed by atoms with Gasteiger partial charge < -0.3 is 10.5 Å². The summed E-state index contributed by atoms with van der Waals surface area (Å²) < 4.78 is 48.9. The first-order chi connectivity index (χ1) is 15.6. The van der Waals surface area contributed by atoms with Crippen molar-refractivity contribution in [3.63, 3.8) is 0 Å². The van der Waals surface area contributed by atoms with Gasteiger partial charge in [-0.2, -0.15) is 0 Å². The Hall–Kier alpha value is -3.06. The highest BCUT2D eigenvalue weighted by Gasteiger charge is 2.27. The third kappa shape index (κ3) is 5.55. The second-order valence-corrected chi connectivity index (χ2v) is 9.86. The lowest BCUT2D eigenvalue weighted by Crippen LogP contribution is -2.34. The van der Waals surface area contributed by atoms with Crippen LogP contribution in [-0.2, 0) is 16.6 Å². The molecule has 0 amide bonds. The summed E-state index contributed by atoms with van der Waals surface area (Å²) in [5.41, 5.74) is 3.86. The van der Waals surface area contributed by atoms with Crippen molar-refractivity contribution in [1.29, 1.82) is 0 Å². The molecule has 0 aliphatic carbocycles. The Morgan fingerprint density at radius 3 is 2.48 bits per heavy atom. The van der Waals surface area contributed by atoms with Crippen LogP contribution in [0.4, 0.5) is 11.5 Å². The van der Waals surface area contributed by atoms with Crippen LogP contribution < -0.4 is 14.8 Å². The minimum atomic E-state index is -3.76. The van der Waals surface area contributed by atoms with E-state index in [0.29, 0.717) is 23.7 Å². The van der Waals surface area contributed by atoms with Crippen LogP contribution in [0.5, 0.6) is 5.75 Å². The molecule has 0 atom stereocenters. The molecule has 2 aromatic carbocycles. The summed E-state index contributed by atoms with van der Waals surface area (Å²) in [5.74, 6) is 0.855. The second-order valence-electron chi connectivity index (χ2n) is 8.00. The van der Waals surface area contributed by atoms with Crippen LogP contribution in [0.3, 0.4) is 0 Å². The molecule has 1 heterocycles. The quantitative estimate of drug-likeness (QED) is 0.520. The molecule has 1 aromatic heterocycles. The highest BCUT2D eigenvalue weighted by atomic mass is 32.2. The first-order valence-electron chi connectivity index (χ1n) is 11.0. The molecule has 0 saturated carbocycles. The maximum absolute atomic E-state index is 13.5. The van der Waals surface area contributed by atoms with Gasteiger partial charge in [-0.3, -0.25) is 4.31 Å². The van der Waals surface area contributed by atoms with E-state index in [4.69, 9.17) is 7.56 Å². The number of ether oxygens (including phenoxy) is 1. The van der Waals surface area contributed by atoms with E-state index in [1.807, 2.05) is 45.9 Å². The Kier molecular flexibility index (Phi) is 6.02. The predicted octanol–water partition coefficient (Wildman–Crippen LogP) is 4.71. The standard InChI is InChI=1S/C24H29N3O3S/c1-17(2)15-27(23-10-5-18(3)13-19(23)4)31(28,29)22-8-6-21(7-9-22)30-16-20-11-12-26-24(25)14-20/h5-14,17H,15-16H2,1-4H3,(H2,25,26)/i/hD2. The smallest absolute Gasteiger partial charge is 0.264 e. The van der Waals surface area contributed by atoms with Gasteiger partial charge in [-0.15, -0.1) is 0 Å². The average molecular weight is 442 g/mol. The van der Waals surface area contributed by atoms with E-state index in [-0.39, 0.29) is 23.2 Å². The molecule has 0 radical (unpaired) electrons. The van der Waals surface area contributed by atoms with E-state index in [1.54, 1.807) is 36.4 Å². The van der Waals surface area contributed by atoms with Gasteiger partial charge in [0.15, 0.2) is 2.82 Å². The van der Waals surface area contributed by atoms with E-state index in [9.17, 15) is 8.42 Å². The number of nitrogens with zero attached hydrogens (tertiary/aromatic N) is 2. The van der Waals surface area contributed by atoms with E-state index < -0.39 is 10.0 Å². The monoisotopic (exact) mass is 441 g/mol. The number of rotatable bonds is 9. The number of benzene rings is 2. The van der Waals surface area contributed by atoms with E-state index in [2.05, 4.69) is 4.98 Å². The Morgan fingerprint density at radius 1 is 1.10 bits per heavy atom. The van der Waals surface area contributed by atoms with Gasteiger partial charge in [0.05, 0.1) is 10.6 Å². The van der Waals surface area contributed by atoms with E-state index in [1.165, 1.54) is 10.5 Å². The first-order valence-corrected chi connectivity index (χ1v) is 11.6. The average Bonchev–Trinajstić information content (AvgIpc) is 2.77. The van der Waals surface area contributed by atoms with Gasteiger partial charge in [-0.25, -0.2) is 13.4 Å². The molecular weight excluding hydrogens is 410 g/mol. The highest BCUT2D eigenvalue weighted by molar-refractivity contribution is 7.92. The fraction of sp³-hybridized carbons (Fsp3) is 0.292. The summed E-state index contributed by atoms with van der Waals surface area (Å²) in [7, 11) is -3.76. The molecule has 0 aliphatic heterocycles. The summed E-state index contributed by atoms with van der Waals surface area (Å²) in [6.45, 7) is 8.48. The van der Waals surface area contributed by atoms with Crippen molar-refractivity contribution < 1.29 is 16.0 Å². The molecule has 7 heteroatoms. The van der Waals surface area contributed by atoms with Crippen LogP contribution in [0.15, 0.2) is 65.7 Å². The van der Waals surface area contributed by atoms with Gasteiger partial charge in [0, 0.05) is 12.7 Å². The van der Waals surface area contributed by atoms with Crippen molar-refractivity contribution in [1.82, 2.24) is 4.98 Å². The molecule has 0 unspecified atom stereocenters. The number of hydrogen-bond donors (Lipinski definition) is 1. The van der Waals surface area contributed by atoms with Crippen molar-refractivity contribution >= 4 is 21.5 Å². The van der Waals surface area contributed by atoms with Crippen LogP contribution in [0.2, 0.25) is 2.82 Å².